The smallest absolute Gasteiger partial charge is 0.0347 e. The van der Waals surface area contributed by atoms with Gasteiger partial charge in [0.2, 0.25) is 0 Å². The summed E-state index contributed by atoms with van der Waals surface area (Å²) in [6.45, 7) is 23.9. The third-order valence-corrected chi connectivity index (χ3v) is 5.11. The molecule has 0 radical (unpaired) electrons. The van der Waals surface area contributed by atoms with Crippen LogP contribution in [0.15, 0.2) is 78.6 Å². The Hall–Kier alpha value is -2.48. The molecule has 0 spiro atoms. The molecule has 0 aliphatic heterocycles. The molecule has 0 heterocycles. The first kappa shape index (κ1) is 24.8. The monoisotopic (exact) mass is 418 g/mol. The van der Waals surface area contributed by atoms with Crippen molar-refractivity contribution in [3.8, 4) is 0 Å². The highest BCUT2D eigenvalue weighted by Crippen LogP contribution is 2.27. The van der Waals surface area contributed by atoms with Gasteiger partial charge in [-0.1, -0.05) is 68.7 Å². The van der Waals surface area contributed by atoms with E-state index in [9.17, 15) is 0 Å². The lowest BCUT2D eigenvalue weighted by Gasteiger charge is -2.27. The SMILES string of the molecule is C=C(NC(C)(C)C)C1=C(/C=C/C(C)Cc2ccccc2C(=C)NC(C)(C)C)C=CCC1. The molecule has 1 aromatic rings. The number of hydrogen-bond donors (Lipinski definition) is 2. The highest BCUT2D eigenvalue weighted by atomic mass is 15.0. The number of nitrogens with one attached hydrogen (secondary N) is 2. The van der Waals surface area contributed by atoms with Crippen LogP contribution in [0.1, 0.15) is 72.4 Å². The first-order valence-corrected chi connectivity index (χ1v) is 11.5. The van der Waals surface area contributed by atoms with Crippen LogP contribution in [-0.4, -0.2) is 11.1 Å². The fourth-order valence-corrected chi connectivity index (χ4v) is 3.89. The standard InChI is InChI=1S/C29H42N2/c1-21(20-25-15-11-13-17-27(25)23(3)31-29(7,8)9)18-19-24-14-10-12-16-26(24)22(2)30-28(4,5)6/h10-11,13-15,17-19,21,30-31H,2-3,12,16,20H2,1,4-9H3/b19-18+. The molecule has 1 aliphatic carbocycles. The Morgan fingerprint density at radius 1 is 1.00 bits per heavy atom. The zero-order valence-corrected chi connectivity index (χ0v) is 20.7. The van der Waals surface area contributed by atoms with E-state index in [-0.39, 0.29) is 11.1 Å². The molecule has 0 amide bonds. The molecule has 168 valence electrons. The van der Waals surface area contributed by atoms with E-state index < -0.39 is 0 Å². The quantitative estimate of drug-likeness (QED) is 0.462. The Balaban J connectivity index is 2.16. The van der Waals surface area contributed by atoms with Gasteiger partial charge in [0.1, 0.15) is 0 Å². The summed E-state index contributed by atoms with van der Waals surface area (Å²) in [7, 11) is 0. The van der Waals surface area contributed by atoms with Gasteiger partial charge < -0.3 is 10.6 Å². The molecule has 1 aliphatic rings. The zero-order chi connectivity index (χ0) is 23.2. The van der Waals surface area contributed by atoms with Crippen molar-refractivity contribution >= 4 is 5.70 Å². The minimum Gasteiger partial charge on any atom is -0.381 e. The van der Waals surface area contributed by atoms with Crippen molar-refractivity contribution in [2.75, 3.05) is 0 Å². The summed E-state index contributed by atoms with van der Waals surface area (Å²) in [4.78, 5) is 0. The third kappa shape index (κ3) is 8.28. The average Bonchev–Trinajstić information content (AvgIpc) is 2.64. The van der Waals surface area contributed by atoms with Crippen molar-refractivity contribution in [3.05, 3.63) is 89.7 Å². The second-order valence-corrected chi connectivity index (χ2v) is 10.8. The van der Waals surface area contributed by atoms with Crippen molar-refractivity contribution in [1.29, 1.82) is 0 Å². The molecular formula is C29H42N2. The summed E-state index contributed by atoms with van der Waals surface area (Å²) in [5.74, 6) is 0.413. The molecule has 2 N–H and O–H groups in total. The van der Waals surface area contributed by atoms with Gasteiger partial charge in [-0.3, -0.25) is 0 Å². The van der Waals surface area contributed by atoms with Crippen LogP contribution >= 0.6 is 0 Å². The number of allylic oxidation sites excluding steroid dienone is 6. The van der Waals surface area contributed by atoms with Crippen LogP contribution < -0.4 is 10.6 Å². The normalized spacial score (nSPS) is 15.8. The number of hydrogen-bond acceptors (Lipinski definition) is 2. The Kier molecular flexibility index (Phi) is 8.17. The molecule has 2 heteroatoms. The van der Waals surface area contributed by atoms with Crippen molar-refractivity contribution in [2.24, 2.45) is 5.92 Å². The molecule has 0 saturated heterocycles. The number of rotatable bonds is 8. The summed E-state index contributed by atoms with van der Waals surface area (Å²) < 4.78 is 0. The van der Waals surface area contributed by atoms with Gasteiger partial charge in [0.15, 0.2) is 0 Å². The van der Waals surface area contributed by atoms with Crippen LogP contribution in [0, 0.1) is 5.92 Å². The fourth-order valence-electron chi connectivity index (χ4n) is 3.89. The van der Waals surface area contributed by atoms with Gasteiger partial charge in [-0.15, -0.1) is 0 Å². The van der Waals surface area contributed by atoms with E-state index in [1.165, 1.54) is 22.3 Å². The molecule has 1 unspecified atom stereocenters. The van der Waals surface area contributed by atoms with Gasteiger partial charge in [-0.05, 0) is 83.4 Å². The lowest BCUT2D eigenvalue weighted by molar-refractivity contribution is 0.475. The first-order valence-electron chi connectivity index (χ1n) is 11.5. The Bertz CT molecular complexity index is 882. The molecule has 0 aromatic heterocycles. The second-order valence-electron chi connectivity index (χ2n) is 10.8. The van der Waals surface area contributed by atoms with Crippen LogP contribution in [0.3, 0.4) is 0 Å². The summed E-state index contributed by atoms with van der Waals surface area (Å²) in [6, 6.07) is 8.59. The summed E-state index contributed by atoms with van der Waals surface area (Å²) in [5, 5.41) is 7.07. The highest BCUT2D eigenvalue weighted by Gasteiger charge is 2.17. The molecule has 0 bridgehead atoms. The van der Waals surface area contributed by atoms with Gasteiger partial charge in [0.25, 0.3) is 0 Å². The molecule has 0 fully saturated rings. The van der Waals surface area contributed by atoms with Crippen molar-refractivity contribution in [1.82, 2.24) is 10.6 Å². The molecule has 1 atom stereocenters. The molecule has 2 nitrogen and oxygen atoms in total. The summed E-state index contributed by atoms with van der Waals surface area (Å²) >= 11 is 0. The largest absolute Gasteiger partial charge is 0.381 e. The molecular weight excluding hydrogens is 376 g/mol. The van der Waals surface area contributed by atoms with E-state index in [1.807, 2.05) is 0 Å². The van der Waals surface area contributed by atoms with Gasteiger partial charge in [0.05, 0.1) is 0 Å². The average molecular weight is 419 g/mol. The van der Waals surface area contributed by atoms with Crippen molar-refractivity contribution in [3.63, 3.8) is 0 Å². The lowest BCUT2D eigenvalue weighted by Crippen LogP contribution is -2.35. The van der Waals surface area contributed by atoms with Crippen LogP contribution in [0.5, 0.6) is 0 Å². The highest BCUT2D eigenvalue weighted by molar-refractivity contribution is 5.65. The first-order chi connectivity index (χ1) is 14.4. The molecule has 2 rings (SSSR count). The van der Waals surface area contributed by atoms with Crippen LogP contribution in [0.2, 0.25) is 0 Å². The lowest BCUT2D eigenvalue weighted by atomic mass is 9.91. The zero-order valence-electron chi connectivity index (χ0n) is 20.7. The minimum absolute atomic E-state index is 0.00457. The summed E-state index contributed by atoms with van der Waals surface area (Å²) in [5.41, 5.74) is 7.17. The van der Waals surface area contributed by atoms with Gasteiger partial charge in [-0.2, -0.15) is 0 Å². The van der Waals surface area contributed by atoms with E-state index in [0.717, 1.165) is 30.7 Å². The maximum atomic E-state index is 4.32. The fraction of sp³-hybridized carbons (Fsp3) is 0.448. The predicted molar refractivity (Wildman–Crippen MR) is 138 cm³/mol. The van der Waals surface area contributed by atoms with E-state index in [0.29, 0.717) is 5.92 Å². The van der Waals surface area contributed by atoms with Crippen LogP contribution in [0.4, 0.5) is 0 Å². The Morgan fingerprint density at radius 2 is 1.61 bits per heavy atom. The molecule has 31 heavy (non-hydrogen) atoms. The Labute approximate surface area is 190 Å². The van der Waals surface area contributed by atoms with E-state index in [1.54, 1.807) is 0 Å². The maximum absolute atomic E-state index is 4.32. The Morgan fingerprint density at radius 3 is 2.26 bits per heavy atom. The van der Waals surface area contributed by atoms with Crippen LogP contribution in [-0.2, 0) is 6.42 Å². The summed E-state index contributed by atoms with van der Waals surface area (Å²) in [6.07, 6.45) is 12.2. The predicted octanol–water partition coefficient (Wildman–Crippen LogP) is 7.33. The second kappa shape index (κ2) is 10.2. The molecule has 0 saturated carbocycles. The topological polar surface area (TPSA) is 24.1 Å². The third-order valence-electron chi connectivity index (χ3n) is 5.11. The minimum atomic E-state index is -0.00457. The van der Waals surface area contributed by atoms with E-state index >= 15 is 0 Å². The van der Waals surface area contributed by atoms with E-state index in [2.05, 4.69) is 121 Å². The number of benzene rings is 1. The van der Waals surface area contributed by atoms with Crippen molar-refractivity contribution < 1.29 is 0 Å². The maximum Gasteiger partial charge on any atom is 0.0347 e. The van der Waals surface area contributed by atoms with Crippen molar-refractivity contribution in [2.45, 2.75) is 78.8 Å². The van der Waals surface area contributed by atoms with Gasteiger partial charge >= 0.3 is 0 Å². The van der Waals surface area contributed by atoms with E-state index in [4.69, 9.17) is 0 Å². The van der Waals surface area contributed by atoms with Gasteiger partial charge in [-0.25, -0.2) is 0 Å². The van der Waals surface area contributed by atoms with Crippen LogP contribution in [0.25, 0.3) is 5.70 Å². The molecule has 1 aromatic carbocycles. The van der Waals surface area contributed by atoms with Gasteiger partial charge in [0, 0.05) is 28.0 Å².